The number of ether oxygens (including phenoxy) is 1. The number of halogens is 1. The van der Waals surface area contributed by atoms with Crippen LogP contribution in [-0.2, 0) is 17.9 Å². The van der Waals surface area contributed by atoms with Gasteiger partial charge in [0.25, 0.3) is 0 Å². The van der Waals surface area contributed by atoms with Crippen LogP contribution in [0.2, 0.25) is 0 Å². The zero-order valence-electron chi connectivity index (χ0n) is 11.0. The molecule has 0 aliphatic heterocycles. The first kappa shape index (κ1) is 13.5. The van der Waals surface area contributed by atoms with E-state index in [9.17, 15) is 4.39 Å². The van der Waals surface area contributed by atoms with Gasteiger partial charge in [-0.05, 0) is 42.0 Å². The highest BCUT2D eigenvalue weighted by Gasteiger charge is 2.21. The molecule has 2 atom stereocenters. The zero-order valence-corrected chi connectivity index (χ0v) is 11.0. The highest BCUT2D eigenvalue weighted by molar-refractivity contribution is 5.27. The summed E-state index contributed by atoms with van der Waals surface area (Å²) < 4.78 is 19.1. The summed E-state index contributed by atoms with van der Waals surface area (Å²) in [5, 5.41) is 0. The molecule has 2 N–H and O–H groups in total. The van der Waals surface area contributed by atoms with E-state index >= 15 is 0 Å². The summed E-state index contributed by atoms with van der Waals surface area (Å²) in [6.45, 7) is 3.15. The van der Waals surface area contributed by atoms with Crippen molar-refractivity contribution in [3.8, 4) is 0 Å². The summed E-state index contributed by atoms with van der Waals surface area (Å²) in [5.74, 6) is 0.394. The van der Waals surface area contributed by atoms with Crippen LogP contribution in [0.25, 0.3) is 0 Å². The summed E-state index contributed by atoms with van der Waals surface area (Å²) in [6.07, 6.45) is 5.29. The molecule has 1 aliphatic rings. The van der Waals surface area contributed by atoms with E-state index in [2.05, 4.69) is 6.92 Å². The van der Waals surface area contributed by atoms with Crippen molar-refractivity contribution in [1.29, 1.82) is 0 Å². The number of nitrogens with two attached hydrogens (primary N) is 1. The molecule has 2 rings (SSSR count). The smallest absolute Gasteiger partial charge is 0.123 e. The Hall–Kier alpha value is -0.930. The Kier molecular flexibility index (Phi) is 4.72. The molecular formula is C15H22FNO. The number of hydrogen-bond donors (Lipinski definition) is 1. The molecule has 0 saturated heterocycles. The lowest BCUT2D eigenvalue weighted by Gasteiger charge is -2.29. The molecule has 1 aromatic rings. The van der Waals surface area contributed by atoms with Gasteiger partial charge in [-0.15, -0.1) is 0 Å². The fourth-order valence-corrected chi connectivity index (χ4v) is 2.65. The second-order valence-corrected chi connectivity index (χ2v) is 5.23. The standard InChI is InChI=1S/C15H22FNO/c1-11-4-2-3-5-15(11)18-10-12-6-7-14(16)8-13(12)9-17/h6-8,11,15H,2-5,9-10,17H2,1H3. The highest BCUT2D eigenvalue weighted by atomic mass is 19.1. The Morgan fingerprint density at radius 2 is 2.06 bits per heavy atom. The maximum absolute atomic E-state index is 13.1. The average molecular weight is 251 g/mol. The summed E-state index contributed by atoms with van der Waals surface area (Å²) in [4.78, 5) is 0. The van der Waals surface area contributed by atoms with Gasteiger partial charge >= 0.3 is 0 Å². The maximum Gasteiger partial charge on any atom is 0.123 e. The van der Waals surface area contributed by atoms with Crippen LogP contribution in [-0.4, -0.2) is 6.10 Å². The third-order valence-electron chi connectivity index (χ3n) is 3.87. The molecule has 1 aromatic carbocycles. The predicted molar refractivity (Wildman–Crippen MR) is 70.5 cm³/mol. The van der Waals surface area contributed by atoms with Gasteiger partial charge in [0.2, 0.25) is 0 Å². The monoisotopic (exact) mass is 251 g/mol. The Morgan fingerprint density at radius 3 is 2.78 bits per heavy atom. The summed E-state index contributed by atoms with van der Waals surface area (Å²) in [7, 11) is 0. The average Bonchev–Trinajstić information content (AvgIpc) is 2.39. The maximum atomic E-state index is 13.1. The molecule has 100 valence electrons. The van der Waals surface area contributed by atoms with Gasteiger partial charge in [0.15, 0.2) is 0 Å². The SMILES string of the molecule is CC1CCCCC1OCc1ccc(F)cc1CN. The van der Waals surface area contributed by atoms with Crippen molar-refractivity contribution in [3.05, 3.63) is 35.1 Å². The largest absolute Gasteiger partial charge is 0.373 e. The molecule has 1 fully saturated rings. The van der Waals surface area contributed by atoms with Crippen LogP contribution in [0, 0.1) is 11.7 Å². The van der Waals surface area contributed by atoms with E-state index in [-0.39, 0.29) is 5.82 Å². The quantitative estimate of drug-likeness (QED) is 0.890. The van der Waals surface area contributed by atoms with Crippen LogP contribution in [0.4, 0.5) is 4.39 Å². The van der Waals surface area contributed by atoms with Crippen molar-refractivity contribution in [2.24, 2.45) is 11.7 Å². The first-order valence-corrected chi connectivity index (χ1v) is 6.79. The van der Waals surface area contributed by atoms with Crippen molar-refractivity contribution in [2.45, 2.75) is 51.9 Å². The van der Waals surface area contributed by atoms with Gasteiger partial charge < -0.3 is 10.5 Å². The van der Waals surface area contributed by atoms with Crippen LogP contribution in [0.15, 0.2) is 18.2 Å². The van der Waals surface area contributed by atoms with E-state index in [0.29, 0.717) is 25.2 Å². The van der Waals surface area contributed by atoms with E-state index < -0.39 is 0 Å². The molecule has 0 radical (unpaired) electrons. The second-order valence-electron chi connectivity index (χ2n) is 5.23. The fraction of sp³-hybridized carbons (Fsp3) is 0.600. The Morgan fingerprint density at radius 1 is 1.28 bits per heavy atom. The van der Waals surface area contributed by atoms with Gasteiger partial charge in [-0.1, -0.05) is 25.8 Å². The Labute approximate surface area is 108 Å². The second kappa shape index (κ2) is 6.30. The van der Waals surface area contributed by atoms with Crippen LogP contribution in [0.5, 0.6) is 0 Å². The lowest BCUT2D eigenvalue weighted by Crippen LogP contribution is -2.25. The molecule has 18 heavy (non-hydrogen) atoms. The highest BCUT2D eigenvalue weighted by Crippen LogP contribution is 2.27. The molecular weight excluding hydrogens is 229 g/mol. The van der Waals surface area contributed by atoms with Crippen molar-refractivity contribution >= 4 is 0 Å². The molecule has 0 bridgehead atoms. The number of rotatable bonds is 4. The lowest BCUT2D eigenvalue weighted by atomic mass is 9.88. The van der Waals surface area contributed by atoms with E-state index in [1.807, 2.05) is 0 Å². The first-order valence-electron chi connectivity index (χ1n) is 6.79. The van der Waals surface area contributed by atoms with Crippen LogP contribution in [0.3, 0.4) is 0 Å². The topological polar surface area (TPSA) is 35.2 Å². The van der Waals surface area contributed by atoms with E-state index in [1.54, 1.807) is 6.07 Å². The third-order valence-corrected chi connectivity index (χ3v) is 3.87. The molecule has 1 aliphatic carbocycles. The van der Waals surface area contributed by atoms with Crippen LogP contribution < -0.4 is 5.73 Å². The minimum Gasteiger partial charge on any atom is -0.373 e. The molecule has 2 unspecified atom stereocenters. The summed E-state index contributed by atoms with van der Waals surface area (Å²) >= 11 is 0. The molecule has 3 heteroatoms. The molecule has 1 saturated carbocycles. The van der Waals surface area contributed by atoms with Crippen LogP contribution >= 0.6 is 0 Å². The van der Waals surface area contributed by atoms with E-state index in [0.717, 1.165) is 17.5 Å². The minimum atomic E-state index is -0.231. The Bertz CT molecular complexity index is 394. The number of benzene rings is 1. The lowest BCUT2D eigenvalue weighted by molar-refractivity contribution is -0.0157. The van der Waals surface area contributed by atoms with Gasteiger partial charge in [-0.25, -0.2) is 4.39 Å². The minimum absolute atomic E-state index is 0.231. The number of hydrogen-bond acceptors (Lipinski definition) is 2. The molecule has 0 aromatic heterocycles. The molecule has 2 nitrogen and oxygen atoms in total. The third kappa shape index (κ3) is 3.30. The fourth-order valence-electron chi connectivity index (χ4n) is 2.65. The van der Waals surface area contributed by atoms with Crippen LogP contribution in [0.1, 0.15) is 43.7 Å². The van der Waals surface area contributed by atoms with E-state index in [4.69, 9.17) is 10.5 Å². The molecule has 0 heterocycles. The molecule has 0 spiro atoms. The predicted octanol–water partition coefficient (Wildman–Crippen LogP) is 3.38. The Balaban J connectivity index is 1.97. The summed E-state index contributed by atoms with van der Waals surface area (Å²) in [5.41, 5.74) is 7.49. The van der Waals surface area contributed by atoms with E-state index in [1.165, 1.54) is 31.4 Å². The van der Waals surface area contributed by atoms with Gasteiger partial charge in [0.1, 0.15) is 5.82 Å². The van der Waals surface area contributed by atoms with Gasteiger partial charge in [-0.2, -0.15) is 0 Å². The van der Waals surface area contributed by atoms with Gasteiger partial charge in [0, 0.05) is 6.54 Å². The van der Waals surface area contributed by atoms with Gasteiger partial charge in [0.05, 0.1) is 12.7 Å². The zero-order chi connectivity index (χ0) is 13.0. The van der Waals surface area contributed by atoms with Crippen molar-refractivity contribution in [2.75, 3.05) is 0 Å². The van der Waals surface area contributed by atoms with Crippen molar-refractivity contribution < 1.29 is 9.13 Å². The summed E-state index contributed by atoms with van der Waals surface area (Å²) in [6, 6.07) is 4.76. The van der Waals surface area contributed by atoms with Gasteiger partial charge in [-0.3, -0.25) is 0 Å². The van der Waals surface area contributed by atoms with Crippen molar-refractivity contribution in [1.82, 2.24) is 0 Å². The normalized spacial score (nSPS) is 24.2. The first-order chi connectivity index (χ1) is 8.70. The molecule has 0 amide bonds. The van der Waals surface area contributed by atoms with Crippen molar-refractivity contribution in [3.63, 3.8) is 0 Å².